The summed E-state index contributed by atoms with van der Waals surface area (Å²) in [6.07, 6.45) is 2.76. The van der Waals surface area contributed by atoms with E-state index < -0.39 is 0 Å². The van der Waals surface area contributed by atoms with Crippen LogP contribution >= 0.6 is 11.6 Å². The quantitative estimate of drug-likeness (QED) is 0.288. The van der Waals surface area contributed by atoms with E-state index in [2.05, 4.69) is 27.7 Å². The second-order valence-corrected chi connectivity index (χ2v) is 6.12. The van der Waals surface area contributed by atoms with Crippen LogP contribution in [0.15, 0.2) is 0 Å². The molecule has 1 spiro atoms. The number of hydrogen-bond donors (Lipinski definition) is 0. The maximum absolute atomic E-state index is 6.52. The van der Waals surface area contributed by atoms with Crippen molar-refractivity contribution in [3.8, 4) is 0 Å². The molecule has 5 unspecified atom stereocenters. The third-order valence-corrected chi connectivity index (χ3v) is 5.41. The van der Waals surface area contributed by atoms with Crippen LogP contribution in [0, 0.1) is 11.8 Å². The molecule has 2 heteroatoms. The van der Waals surface area contributed by atoms with Crippen molar-refractivity contribution in [1.29, 1.82) is 0 Å². The Kier molecular flexibility index (Phi) is 2.60. The first-order chi connectivity index (χ1) is 6.51. The molecule has 2 heterocycles. The summed E-state index contributed by atoms with van der Waals surface area (Å²) in [4.78, 5) is 0. The van der Waals surface area contributed by atoms with Gasteiger partial charge in [0, 0.05) is 18.8 Å². The van der Waals surface area contributed by atoms with E-state index in [0.717, 1.165) is 23.9 Å². The number of hydrogen-bond acceptors (Lipinski definition) is 0. The molecular weight excluding hydrogens is 194 g/mol. The van der Waals surface area contributed by atoms with Crippen LogP contribution in [-0.4, -0.2) is 28.6 Å². The second kappa shape index (κ2) is 3.38. The Morgan fingerprint density at radius 3 is 2.36 bits per heavy atom. The smallest absolute Gasteiger partial charge is 0.218 e. The fourth-order valence-corrected chi connectivity index (χ4v) is 4.19. The van der Waals surface area contributed by atoms with Crippen LogP contribution in [0.1, 0.15) is 40.5 Å². The molecule has 2 rings (SSSR count). The third-order valence-electron chi connectivity index (χ3n) is 4.78. The molecule has 82 valence electrons. The molecule has 0 saturated carbocycles. The Balaban J connectivity index is 2.11. The molecule has 2 saturated heterocycles. The average Bonchev–Trinajstić information content (AvgIpc) is 2.49. The van der Waals surface area contributed by atoms with Gasteiger partial charge < -0.3 is 0 Å². The number of nitrogens with zero attached hydrogens (tertiary/aromatic N) is 1. The molecule has 0 aromatic rings. The van der Waals surface area contributed by atoms with Crippen LogP contribution in [-0.2, 0) is 0 Å². The van der Waals surface area contributed by atoms with E-state index in [9.17, 15) is 0 Å². The minimum absolute atomic E-state index is 0.421. The summed E-state index contributed by atoms with van der Waals surface area (Å²) in [5, 5.41) is 0. The lowest BCUT2D eigenvalue weighted by molar-refractivity contribution is -0.833. The monoisotopic (exact) mass is 216 g/mol. The first kappa shape index (κ1) is 10.8. The highest BCUT2D eigenvalue weighted by atomic mass is 35.5. The number of halogens is 1. The summed E-state index contributed by atoms with van der Waals surface area (Å²) in [6.45, 7) is 10.7. The maximum atomic E-state index is 6.52. The molecule has 2 aliphatic rings. The Labute approximate surface area is 93.0 Å². The first-order valence-corrected chi connectivity index (χ1v) is 6.46. The van der Waals surface area contributed by atoms with Gasteiger partial charge >= 0.3 is 0 Å². The molecule has 0 aromatic carbocycles. The average molecular weight is 217 g/mol. The fourth-order valence-electron chi connectivity index (χ4n) is 3.40. The Morgan fingerprint density at radius 2 is 1.93 bits per heavy atom. The molecular formula is C12H23ClN+. The van der Waals surface area contributed by atoms with Crippen LogP contribution < -0.4 is 0 Å². The van der Waals surface area contributed by atoms with Gasteiger partial charge in [-0.05, 0) is 12.8 Å². The van der Waals surface area contributed by atoms with E-state index in [0.29, 0.717) is 5.50 Å². The van der Waals surface area contributed by atoms with Crippen LogP contribution in [0.3, 0.4) is 0 Å². The van der Waals surface area contributed by atoms with Crippen LogP contribution in [0.25, 0.3) is 0 Å². The molecule has 1 nitrogen and oxygen atoms in total. The molecule has 0 aliphatic carbocycles. The predicted octanol–water partition coefficient (Wildman–Crippen LogP) is 3.22. The minimum Gasteiger partial charge on any atom is -0.293 e. The highest BCUT2D eigenvalue weighted by Crippen LogP contribution is 2.54. The van der Waals surface area contributed by atoms with E-state index in [1.165, 1.54) is 23.9 Å². The van der Waals surface area contributed by atoms with E-state index in [4.69, 9.17) is 11.6 Å². The van der Waals surface area contributed by atoms with E-state index in [1.54, 1.807) is 0 Å². The topological polar surface area (TPSA) is 0 Å². The van der Waals surface area contributed by atoms with Crippen molar-refractivity contribution in [2.45, 2.75) is 58.1 Å². The Hall–Kier alpha value is 0.250. The maximum Gasteiger partial charge on any atom is 0.218 e. The molecule has 0 bridgehead atoms. The molecule has 0 aromatic heterocycles. The number of quaternary nitrogens is 1. The van der Waals surface area contributed by atoms with Crippen molar-refractivity contribution in [3.63, 3.8) is 0 Å². The van der Waals surface area contributed by atoms with Gasteiger partial charge in [0.25, 0.3) is 0 Å². The summed E-state index contributed by atoms with van der Waals surface area (Å²) in [5.74, 6) is 1.55. The van der Waals surface area contributed by atoms with Gasteiger partial charge in [-0.2, -0.15) is 0 Å². The highest BCUT2D eigenvalue weighted by molar-refractivity contribution is 6.21. The summed E-state index contributed by atoms with van der Waals surface area (Å²) in [7, 11) is 0. The summed E-state index contributed by atoms with van der Waals surface area (Å²) >= 11 is 6.52. The normalized spacial score (nSPS) is 48.9. The zero-order valence-corrected chi connectivity index (χ0v) is 10.6. The van der Waals surface area contributed by atoms with Gasteiger partial charge in [0.1, 0.15) is 0 Å². The van der Waals surface area contributed by atoms with E-state index in [1.807, 2.05) is 0 Å². The summed E-state index contributed by atoms with van der Waals surface area (Å²) in [6, 6.07) is 1.55. The van der Waals surface area contributed by atoms with Crippen LogP contribution in [0.2, 0.25) is 0 Å². The lowest BCUT2D eigenvalue weighted by atomic mass is 9.94. The van der Waals surface area contributed by atoms with E-state index in [-0.39, 0.29) is 0 Å². The molecule has 14 heavy (non-hydrogen) atoms. The molecule has 0 amide bonds. The zero-order chi connectivity index (χ0) is 10.5. The molecule has 0 N–H and O–H groups in total. The van der Waals surface area contributed by atoms with Gasteiger partial charge in [0.2, 0.25) is 5.50 Å². The fraction of sp³-hybridized carbons (Fsp3) is 1.00. The van der Waals surface area contributed by atoms with Crippen molar-refractivity contribution in [2.75, 3.05) is 6.54 Å². The van der Waals surface area contributed by atoms with Gasteiger partial charge in [-0.1, -0.05) is 32.4 Å². The predicted molar refractivity (Wildman–Crippen MR) is 61.3 cm³/mol. The molecule has 5 atom stereocenters. The highest BCUT2D eigenvalue weighted by Gasteiger charge is 2.71. The summed E-state index contributed by atoms with van der Waals surface area (Å²) in [5.41, 5.74) is 0.421. The van der Waals surface area contributed by atoms with E-state index >= 15 is 0 Å². The third kappa shape index (κ3) is 1.25. The lowest BCUT2D eigenvalue weighted by Crippen LogP contribution is -2.35. The number of rotatable bonds is 2. The van der Waals surface area contributed by atoms with Crippen molar-refractivity contribution >= 4 is 11.6 Å². The SMILES string of the molecule is CC(C)C(C)C1C(Cl)[N+]12CCCC2C. The summed E-state index contributed by atoms with van der Waals surface area (Å²) < 4.78 is 1.24. The Bertz CT molecular complexity index is 228. The van der Waals surface area contributed by atoms with Gasteiger partial charge in [-0.25, -0.2) is 0 Å². The van der Waals surface area contributed by atoms with Gasteiger partial charge in [-0.15, -0.1) is 0 Å². The van der Waals surface area contributed by atoms with Gasteiger partial charge in [-0.3, -0.25) is 4.48 Å². The van der Waals surface area contributed by atoms with Gasteiger partial charge in [0.05, 0.1) is 12.6 Å². The van der Waals surface area contributed by atoms with Crippen molar-refractivity contribution in [3.05, 3.63) is 0 Å². The molecule has 2 fully saturated rings. The lowest BCUT2D eigenvalue weighted by Gasteiger charge is -2.23. The zero-order valence-electron chi connectivity index (χ0n) is 9.83. The minimum atomic E-state index is 0.421. The largest absolute Gasteiger partial charge is 0.293 e. The van der Waals surface area contributed by atoms with Crippen molar-refractivity contribution in [2.24, 2.45) is 11.8 Å². The standard InChI is InChI=1S/C12H23ClN/c1-8(2)10(4)11-12(13)14(11)7-5-6-9(14)3/h8-12H,5-7H2,1-4H3/q+1. The molecule has 2 aliphatic heterocycles. The number of alkyl halides is 1. The van der Waals surface area contributed by atoms with Gasteiger partial charge in [0.15, 0.2) is 6.04 Å². The first-order valence-electron chi connectivity index (χ1n) is 6.03. The molecule has 0 radical (unpaired) electrons. The Morgan fingerprint density at radius 1 is 1.29 bits per heavy atom. The van der Waals surface area contributed by atoms with Crippen LogP contribution in [0.4, 0.5) is 0 Å². The van der Waals surface area contributed by atoms with Crippen LogP contribution in [0.5, 0.6) is 0 Å². The van der Waals surface area contributed by atoms with Crippen molar-refractivity contribution in [1.82, 2.24) is 0 Å². The van der Waals surface area contributed by atoms with Crippen molar-refractivity contribution < 1.29 is 4.48 Å². The second-order valence-electron chi connectivity index (χ2n) is 5.68.